The van der Waals surface area contributed by atoms with Gasteiger partial charge in [0.25, 0.3) is 0 Å². The lowest BCUT2D eigenvalue weighted by Gasteiger charge is -2.24. The standard InChI is InChI=1S/C19H22O4/c1-13-5-3-4-6-14(13)11-23-19(20)9-15-12-22-18-10-16(21-2)7-8-17(15)18/h3-4,7-8,10,12-14H,5-6,9,11H2,1-2H3. The van der Waals surface area contributed by atoms with Gasteiger partial charge in [0.1, 0.15) is 11.3 Å². The van der Waals surface area contributed by atoms with Crippen molar-refractivity contribution in [1.29, 1.82) is 0 Å². The van der Waals surface area contributed by atoms with Crippen LogP contribution >= 0.6 is 0 Å². The van der Waals surface area contributed by atoms with Crippen molar-refractivity contribution in [2.24, 2.45) is 11.8 Å². The molecule has 2 atom stereocenters. The zero-order valence-electron chi connectivity index (χ0n) is 13.6. The molecule has 0 amide bonds. The van der Waals surface area contributed by atoms with E-state index in [2.05, 4.69) is 19.1 Å². The average Bonchev–Trinajstić information content (AvgIpc) is 2.96. The molecule has 0 N–H and O–H groups in total. The smallest absolute Gasteiger partial charge is 0.310 e. The van der Waals surface area contributed by atoms with Gasteiger partial charge in [0.2, 0.25) is 0 Å². The Bertz CT molecular complexity index is 713. The molecule has 1 heterocycles. The molecule has 2 unspecified atom stereocenters. The van der Waals surface area contributed by atoms with Crippen LogP contribution in [0.3, 0.4) is 0 Å². The van der Waals surface area contributed by atoms with E-state index in [9.17, 15) is 4.79 Å². The highest BCUT2D eigenvalue weighted by molar-refractivity contribution is 5.86. The van der Waals surface area contributed by atoms with Crippen molar-refractivity contribution in [2.45, 2.75) is 26.2 Å². The number of carbonyl (C=O) groups excluding carboxylic acids is 1. The van der Waals surface area contributed by atoms with E-state index in [1.807, 2.05) is 18.2 Å². The number of ether oxygens (including phenoxy) is 2. The Labute approximate surface area is 136 Å². The van der Waals surface area contributed by atoms with Crippen LogP contribution in [0.1, 0.15) is 25.3 Å². The lowest BCUT2D eigenvalue weighted by Crippen LogP contribution is -2.22. The van der Waals surface area contributed by atoms with Crippen molar-refractivity contribution in [3.05, 3.63) is 42.2 Å². The molecule has 0 aliphatic heterocycles. The predicted molar refractivity (Wildman–Crippen MR) is 88.5 cm³/mol. The number of fused-ring (bicyclic) bond motifs is 1. The molecule has 122 valence electrons. The van der Waals surface area contributed by atoms with Crippen LogP contribution in [-0.4, -0.2) is 19.7 Å². The molecule has 0 fully saturated rings. The van der Waals surface area contributed by atoms with Gasteiger partial charge in [-0.3, -0.25) is 4.79 Å². The van der Waals surface area contributed by atoms with Gasteiger partial charge in [0, 0.05) is 17.0 Å². The summed E-state index contributed by atoms with van der Waals surface area (Å²) in [5, 5.41) is 0.928. The van der Waals surface area contributed by atoms with E-state index in [-0.39, 0.29) is 12.4 Å². The van der Waals surface area contributed by atoms with E-state index >= 15 is 0 Å². The van der Waals surface area contributed by atoms with Gasteiger partial charge in [-0.25, -0.2) is 0 Å². The van der Waals surface area contributed by atoms with Gasteiger partial charge in [-0.2, -0.15) is 0 Å². The van der Waals surface area contributed by atoms with E-state index < -0.39 is 0 Å². The molecular formula is C19H22O4. The van der Waals surface area contributed by atoms with Gasteiger partial charge in [-0.15, -0.1) is 0 Å². The molecule has 1 aliphatic rings. The van der Waals surface area contributed by atoms with Gasteiger partial charge in [-0.05, 0) is 36.8 Å². The van der Waals surface area contributed by atoms with Crippen LogP contribution in [0, 0.1) is 11.8 Å². The van der Waals surface area contributed by atoms with Gasteiger partial charge in [0.15, 0.2) is 0 Å². The summed E-state index contributed by atoms with van der Waals surface area (Å²) in [5.74, 6) is 1.52. The van der Waals surface area contributed by atoms with Crippen LogP contribution in [-0.2, 0) is 16.0 Å². The van der Waals surface area contributed by atoms with Crippen LogP contribution in [0.5, 0.6) is 5.75 Å². The highest BCUT2D eigenvalue weighted by Gasteiger charge is 2.20. The third-order valence-electron chi connectivity index (χ3n) is 4.57. The fourth-order valence-corrected chi connectivity index (χ4v) is 2.97. The predicted octanol–water partition coefficient (Wildman–Crippen LogP) is 4.13. The van der Waals surface area contributed by atoms with Crippen LogP contribution < -0.4 is 4.74 Å². The normalized spacial score (nSPS) is 20.6. The Morgan fingerprint density at radius 1 is 1.30 bits per heavy atom. The van der Waals surface area contributed by atoms with E-state index in [1.165, 1.54) is 0 Å². The van der Waals surface area contributed by atoms with Gasteiger partial charge < -0.3 is 13.9 Å². The van der Waals surface area contributed by atoms with E-state index in [0.717, 1.165) is 35.1 Å². The quantitative estimate of drug-likeness (QED) is 0.615. The third-order valence-corrected chi connectivity index (χ3v) is 4.57. The molecule has 0 radical (unpaired) electrons. The summed E-state index contributed by atoms with van der Waals surface area (Å²) in [6.07, 6.45) is 8.29. The summed E-state index contributed by atoms with van der Waals surface area (Å²) in [4.78, 5) is 12.1. The topological polar surface area (TPSA) is 48.7 Å². The number of esters is 1. The molecular weight excluding hydrogens is 292 g/mol. The molecule has 1 aliphatic carbocycles. The summed E-state index contributed by atoms with van der Waals surface area (Å²) in [7, 11) is 1.61. The lowest BCUT2D eigenvalue weighted by molar-refractivity contribution is -0.144. The number of hydrogen-bond acceptors (Lipinski definition) is 4. The first-order chi connectivity index (χ1) is 11.2. The number of carbonyl (C=O) groups is 1. The Hall–Kier alpha value is -2.23. The van der Waals surface area contributed by atoms with Crippen LogP contribution in [0.15, 0.2) is 41.0 Å². The Morgan fingerprint density at radius 3 is 2.91 bits per heavy atom. The minimum Gasteiger partial charge on any atom is -0.497 e. The maximum absolute atomic E-state index is 12.1. The van der Waals surface area contributed by atoms with Gasteiger partial charge in [0.05, 0.1) is 26.4 Å². The minimum absolute atomic E-state index is 0.203. The Kier molecular flexibility index (Phi) is 4.70. The van der Waals surface area contributed by atoms with Crippen molar-refractivity contribution in [3.8, 4) is 5.75 Å². The van der Waals surface area contributed by atoms with E-state index in [4.69, 9.17) is 13.9 Å². The summed E-state index contributed by atoms with van der Waals surface area (Å²) < 4.78 is 16.2. The largest absolute Gasteiger partial charge is 0.497 e. The summed E-state index contributed by atoms with van der Waals surface area (Å²) in [6.45, 7) is 2.70. The second kappa shape index (κ2) is 6.90. The first kappa shape index (κ1) is 15.7. The zero-order chi connectivity index (χ0) is 16.2. The second-order valence-corrected chi connectivity index (χ2v) is 6.16. The molecule has 3 rings (SSSR count). The minimum atomic E-state index is -0.203. The van der Waals surface area contributed by atoms with Crippen LogP contribution in [0.25, 0.3) is 11.0 Å². The second-order valence-electron chi connectivity index (χ2n) is 6.16. The van der Waals surface area contributed by atoms with Crippen molar-refractivity contribution in [1.82, 2.24) is 0 Å². The molecule has 0 spiro atoms. The average molecular weight is 314 g/mol. The van der Waals surface area contributed by atoms with Crippen molar-refractivity contribution in [3.63, 3.8) is 0 Å². The van der Waals surface area contributed by atoms with Gasteiger partial charge >= 0.3 is 5.97 Å². The lowest BCUT2D eigenvalue weighted by atomic mass is 9.85. The first-order valence-electron chi connectivity index (χ1n) is 8.02. The fourth-order valence-electron chi connectivity index (χ4n) is 2.97. The van der Waals surface area contributed by atoms with E-state index in [1.54, 1.807) is 13.4 Å². The number of methoxy groups -OCH3 is 1. The maximum Gasteiger partial charge on any atom is 0.310 e. The van der Waals surface area contributed by atoms with Crippen molar-refractivity contribution < 1.29 is 18.7 Å². The monoisotopic (exact) mass is 314 g/mol. The summed E-state index contributed by atoms with van der Waals surface area (Å²) in [5.41, 5.74) is 1.57. The highest BCUT2D eigenvalue weighted by Crippen LogP contribution is 2.27. The highest BCUT2D eigenvalue weighted by atomic mass is 16.5. The van der Waals surface area contributed by atoms with Crippen molar-refractivity contribution >= 4 is 16.9 Å². The summed E-state index contributed by atoms with van der Waals surface area (Å²) in [6, 6.07) is 5.59. The van der Waals surface area contributed by atoms with E-state index in [0.29, 0.717) is 18.4 Å². The number of rotatable bonds is 5. The number of benzene rings is 1. The molecule has 4 nitrogen and oxygen atoms in total. The van der Waals surface area contributed by atoms with Crippen LogP contribution in [0.2, 0.25) is 0 Å². The number of hydrogen-bond donors (Lipinski definition) is 0. The Morgan fingerprint density at radius 2 is 2.13 bits per heavy atom. The van der Waals surface area contributed by atoms with Gasteiger partial charge in [-0.1, -0.05) is 19.1 Å². The molecule has 0 saturated heterocycles. The maximum atomic E-state index is 12.1. The zero-order valence-corrected chi connectivity index (χ0v) is 13.6. The molecule has 0 bridgehead atoms. The van der Waals surface area contributed by atoms with Crippen molar-refractivity contribution in [2.75, 3.05) is 13.7 Å². The number of furan rings is 1. The molecule has 0 saturated carbocycles. The fraction of sp³-hybridized carbons (Fsp3) is 0.421. The van der Waals surface area contributed by atoms with Crippen LogP contribution in [0.4, 0.5) is 0 Å². The summed E-state index contributed by atoms with van der Waals surface area (Å²) >= 11 is 0. The molecule has 1 aromatic carbocycles. The molecule has 4 heteroatoms. The SMILES string of the molecule is COc1ccc2c(CC(=O)OCC3CC=CCC3C)coc2c1. The Balaban J connectivity index is 1.60. The molecule has 1 aromatic heterocycles. The number of allylic oxidation sites excluding steroid dienone is 2. The molecule has 23 heavy (non-hydrogen) atoms. The third kappa shape index (κ3) is 3.58. The molecule has 2 aromatic rings. The first-order valence-corrected chi connectivity index (χ1v) is 8.02.